The number of nitrogens with one attached hydrogen (secondary N) is 2. The van der Waals surface area contributed by atoms with Crippen molar-refractivity contribution >= 4 is 21.9 Å². The van der Waals surface area contributed by atoms with Gasteiger partial charge in [-0.05, 0) is 12.1 Å². The molecule has 0 aliphatic rings. The predicted octanol–water partition coefficient (Wildman–Crippen LogP) is -0.301. The highest BCUT2D eigenvalue weighted by Gasteiger charge is 2.17. The van der Waals surface area contributed by atoms with Gasteiger partial charge in [-0.15, -0.1) is 0 Å². The molecule has 0 saturated carbocycles. The lowest BCUT2D eigenvalue weighted by Crippen LogP contribution is -2.15. The lowest BCUT2D eigenvalue weighted by atomic mass is 10.3. The summed E-state index contributed by atoms with van der Waals surface area (Å²) in [7, 11) is -3.91. The van der Waals surface area contributed by atoms with E-state index in [1.807, 2.05) is 0 Å². The molecule has 0 aliphatic carbocycles. The summed E-state index contributed by atoms with van der Waals surface area (Å²) >= 11 is 0. The van der Waals surface area contributed by atoms with Crippen LogP contribution in [0, 0.1) is 0 Å². The van der Waals surface area contributed by atoms with Crippen molar-refractivity contribution in [1.29, 1.82) is 0 Å². The van der Waals surface area contributed by atoms with Crippen LogP contribution in [0.3, 0.4) is 0 Å². The van der Waals surface area contributed by atoms with Crippen molar-refractivity contribution in [3.8, 4) is 0 Å². The molecule has 2 rings (SSSR count). The summed E-state index contributed by atoms with van der Waals surface area (Å²) in [6.07, 6.45) is 2.09. The van der Waals surface area contributed by atoms with Gasteiger partial charge in [-0.2, -0.15) is 18.5 Å². The number of anilines is 1. The van der Waals surface area contributed by atoms with E-state index in [4.69, 9.17) is 5.11 Å². The molecule has 0 radical (unpaired) electrons. The Morgan fingerprint density at radius 2 is 2.11 bits per heavy atom. The highest BCUT2D eigenvalue weighted by Crippen LogP contribution is 2.10. The first-order valence-electron chi connectivity index (χ1n) is 4.56. The number of aromatic carboxylic acids is 1. The maximum Gasteiger partial charge on any atom is 0.337 e. The standard InChI is InChI=1S/C8H7N5O4S/c14-7(15)5-1-2-6(9-3-5)18(16,17)13-8-10-4-11-12-8/h1-4H,(H,14,15)(H2,10,11,12,13). The van der Waals surface area contributed by atoms with Crippen LogP contribution in [0.5, 0.6) is 0 Å². The molecule has 0 fully saturated rings. The van der Waals surface area contributed by atoms with Gasteiger partial charge in [0.05, 0.1) is 5.56 Å². The van der Waals surface area contributed by atoms with Crippen molar-refractivity contribution in [3.63, 3.8) is 0 Å². The lowest BCUT2D eigenvalue weighted by molar-refractivity contribution is 0.0696. The predicted molar refractivity (Wildman–Crippen MR) is 58.4 cm³/mol. The van der Waals surface area contributed by atoms with Gasteiger partial charge in [-0.3, -0.25) is 0 Å². The maximum absolute atomic E-state index is 11.8. The molecule has 0 atom stereocenters. The van der Waals surface area contributed by atoms with Crippen molar-refractivity contribution in [3.05, 3.63) is 30.2 Å². The Kier molecular flexibility index (Phi) is 2.93. The number of hydrogen-bond acceptors (Lipinski definition) is 6. The quantitative estimate of drug-likeness (QED) is 0.692. The van der Waals surface area contributed by atoms with E-state index in [2.05, 4.69) is 24.9 Å². The van der Waals surface area contributed by atoms with Crippen molar-refractivity contribution in [2.75, 3.05) is 4.72 Å². The third-order valence-electron chi connectivity index (χ3n) is 1.90. The number of hydrogen-bond donors (Lipinski definition) is 3. The highest BCUT2D eigenvalue weighted by atomic mass is 32.2. The number of rotatable bonds is 4. The van der Waals surface area contributed by atoms with Gasteiger partial charge >= 0.3 is 5.97 Å². The molecule has 3 N–H and O–H groups in total. The molecule has 2 heterocycles. The largest absolute Gasteiger partial charge is 0.478 e. The zero-order chi connectivity index (χ0) is 13.2. The molecular weight excluding hydrogens is 262 g/mol. The number of aromatic nitrogens is 4. The van der Waals surface area contributed by atoms with Gasteiger partial charge < -0.3 is 5.11 Å². The van der Waals surface area contributed by atoms with Crippen molar-refractivity contribution in [2.45, 2.75) is 5.03 Å². The van der Waals surface area contributed by atoms with Gasteiger partial charge in [0.25, 0.3) is 10.0 Å². The Hall–Kier alpha value is -2.49. The minimum Gasteiger partial charge on any atom is -0.478 e. The number of pyridine rings is 1. The average Bonchev–Trinajstić information content (AvgIpc) is 2.81. The Morgan fingerprint density at radius 1 is 1.33 bits per heavy atom. The number of aromatic amines is 1. The topological polar surface area (TPSA) is 138 Å². The Balaban J connectivity index is 2.27. The van der Waals surface area contributed by atoms with Crippen LogP contribution in [0.2, 0.25) is 0 Å². The van der Waals surface area contributed by atoms with Crippen molar-refractivity contribution in [2.24, 2.45) is 0 Å². The van der Waals surface area contributed by atoms with E-state index in [0.717, 1.165) is 24.7 Å². The van der Waals surface area contributed by atoms with Crippen molar-refractivity contribution in [1.82, 2.24) is 20.2 Å². The summed E-state index contributed by atoms with van der Waals surface area (Å²) in [5.41, 5.74) is -0.103. The summed E-state index contributed by atoms with van der Waals surface area (Å²) < 4.78 is 25.6. The van der Waals surface area contributed by atoms with E-state index in [9.17, 15) is 13.2 Å². The third kappa shape index (κ3) is 2.43. The molecule has 2 aromatic heterocycles. The van der Waals surface area contributed by atoms with Crippen LogP contribution in [0.4, 0.5) is 5.95 Å². The summed E-state index contributed by atoms with van der Waals surface area (Å²) in [4.78, 5) is 17.7. The SMILES string of the molecule is O=C(O)c1ccc(S(=O)(=O)Nc2ncn[nH]2)nc1. The fraction of sp³-hybridized carbons (Fsp3) is 0. The van der Waals surface area contributed by atoms with E-state index in [-0.39, 0.29) is 16.5 Å². The Bertz CT molecular complexity index is 649. The maximum atomic E-state index is 11.8. The molecule has 0 unspecified atom stereocenters. The molecule has 0 bridgehead atoms. The molecule has 94 valence electrons. The highest BCUT2D eigenvalue weighted by molar-refractivity contribution is 7.92. The minimum absolute atomic E-state index is 0.0564. The second kappa shape index (κ2) is 4.41. The van der Waals surface area contributed by atoms with Crippen molar-refractivity contribution < 1.29 is 18.3 Å². The number of H-pyrrole nitrogens is 1. The number of carbonyl (C=O) groups is 1. The zero-order valence-electron chi connectivity index (χ0n) is 8.73. The molecule has 9 nitrogen and oxygen atoms in total. The Labute approximate surface area is 101 Å². The van der Waals surface area contributed by atoms with Crippen LogP contribution in [0.15, 0.2) is 29.7 Å². The molecule has 0 spiro atoms. The van der Waals surface area contributed by atoms with Crippen LogP contribution in [0.1, 0.15) is 10.4 Å². The normalized spacial score (nSPS) is 11.1. The lowest BCUT2D eigenvalue weighted by Gasteiger charge is -2.03. The molecule has 0 amide bonds. The van der Waals surface area contributed by atoms with Gasteiger partial charge in [-0.25, -0.2) is 19.6 Å². The monoisotopic (exact) mass is 269 g/mol. The molecule has 0 aliphatic heterocycles. The second-order valence-electron chi connectivity index (χ2n) is 3.13. The van der Waals surface area contributed by atoms with Gasteiger partial charge in [0.1, 0.15) is 6.33 Å². The number of nitrogens with zero attached hydrogens (tertiary/aromatic N) is 3. The van der Waals surface area contributed by atoms with E-state index >= 15 is 0 Å². The van der Waals surface area contributed by atoms with Crippen LogP contribution >= 0.6 is 0 Å². The molecule has 10 heteroatoms. The fourth-order valence-electron chi connectivity index (χ4n) is 1.10. The minimum atomic E-state index is -3.91. The smallest absolute Gasteiger partial charge is 0.337 e. The zero-order valence-corrected chi connectivity index (χ0v) is 9.55. The third-order valence-corrected chi connectivity index (χ3v) is 3.16. The number of carboxylic acid groups (broad SMARTS) is 1. The molecular formula is C8H7N5O4S. The fourth-order valence-corrected chi connectivity index (χ4v) is 2.00. The van der Waals surface area contributed by atoms with Gasteiger partial charge in [0, 0.05) is 6.20 Å². The van der Waals surface area contributed by atoms with E-state index < -0.39 is 16.0 Å². The average molecular weight is 269 g/mol. The van der Waals surface area contributed by atoms with Crippen LogP contribution < -0.4 is 4.72 Å². The summed E-state index contributed by atoms with van der Waals surface area (Å²) in [6.45, 7) is 0. The first kappa shape index (κ1) is 12.0. The van der Waals surface area contributed by atoms with Crippen LogP contribution in [0.25, 0.3) is 0 Å². The van der Waals surface area contributed by atoms with E-state index in [1.165, 1.54) is 0 Å². The number of sulfonamides is 1. The van der Waals surface area contributed by atoms with Gasteiger partial charge in [0.2, 0.25) is 5.95 Å². The summed E-state index contributed by atoms with van der Waals surface area (Å²) in [5, 5.41) is 14.1. The second-order valence-corrected chi connectivity index (χ2v) is 4.76. The first-order chi connectivity index (χ1) is 8.49. The summed E-state index contributed by atoms with van der Waals surface area (Å²) in [5.74, 6) is -1.24. The summed E-state index contributed by atoms with van der Waals surface area (Å²) in [6, 6.07) is 2.23. The van der Waals surface area contributed by atoms with Crippen LogP contribution in [-0.2, 0) is 10.0 Å². The molecule has 0 aromatic carbocycles. The molecule has 2 aromatic rings. The van der Waals surface area contributed by atoms with E-state index in [0.29, 0.717) is 0 Å². The molecule has 18 heavy (non-hydrogen) atoms. The number of carboxylic acids is 1. The van der Waals surface area contributed by atoms with Gasteiger partial charge in [0.15, 0.2) is 5.03 Å². The van der Waals surface area contributed by atoms with E-state index in [1.54, 1.807) is 0 Å². The van der Waals surface area contributed by atoms with Gasteiger partial charge in [-0.1, -0.05) is 0 Å². The van der Waals surface area contributed by atoms with Crippen LogP contribution in [-0.4, -0.2) is 39.7 Å². The Morgan fingerprint density at radius 3 is 2.61 bits per heavy atom. The first-order valence-corrected chi connectivity index (χ1v) is 6.05. The molecule has 0 saturated heterocycles.